The average molecular weight is 376 g/mol. The third kappa shape index (κ3) is 3.17. The zero-order valence-electron chi connectivity index (χ0n) is 15.4. The topological polar surface area (TPSA) is 66.9 Å². The number of rotatable bonds is 4. The van der Waals surface area contributed by atoms with E-state index in [-0.39, 0.29) is 12.5 Å². The summed E-state index contributed by atoms with van der Waals surface area (Å²) in [5.74, 6) is -0.698. The number of carbonyl (C=O) groups is 3. The number of benzene rings is 2. The second-order valence-corrected chi connectivity index (χ2v) is 6.95. The fourth-order valence-corrected chi connectivity index (χ4v) is 3.72. The van der Waals surface area contributed by atoms with Crippen molar-refractivity contribution in [2.75, 3.05) is 13.7 Å². The predicted molar refractivity (Wildman–Crippen MR) is 103 cm³/mol. The third-order valence-electron chi connectivity index (χ3n) is 5.16. The van der Waals surface area contributed by atoms with Crippen molar-refractivity contribution in [3.63, 3.8) is 0 Å². The SMILES string of the molecule is CN1C(=O)C=C(c2ccccc2)C1C(=O)N1C(=O)OC[C@@H]1Cc1ccccc1. The van der Waals surface area contributed by atoms with Gasteiger partial charge in [0.05, 0.1) is 6.04 Å². The maximum absolute atomic E-state index is 13.4. The minimum absolute atomic E-state index is 0.147. The predicted octanol–water partition coefficient (Wildman–Crippen LogP) is 2.50. The normalized spacial score (nSPS) is 21.7. The van der Waals surface area contributed by atoms with Gasteiger partial charge in [-0.05, 0) is 23.1 Å². The second-order valence-electron chi connectivity index (χ2n) is 6.95. The maximum atomic E-state index is 13.4. The van der Waals surface area contributed by atoms with Crippen LogP contribution in [0.15, 0.2) is 66.7 Å². The highest BCUT2D eigenvalue weighted by Crippen LogP contribution is 2.31. The monoisotopic (exact) mass is 376 g/mol. The number of amides is 3. The number of hydrogen-bond donors (Lipinski definition) is 0. The molecule has 2 aliphatic rings. The van der Waals surface area contributed by atoms with Crippen LogP contribution in [0.1, 0.15) is 11.1 Å². The Labute approximate surface area is 163 Å². The van der Waals surface area contributed by atoms with E-state index in [0.717, 1.165) is 11.1 Å². The van der Waals surface area contributed by atoms with Crippen LogP contribution in [0.4, 0.5) is 4.79 Å². The number of carbonyl (C=O) groups excluding carboxylic acids is 3. The van der Waals surface area contributed by atoms with Crippen molar-refractivity contribution in [3.05, 3.63) is 77.9 Å². The number of cyclic esters (lactones) is 1. The molecule has 0 aliphatic carbocycles. The summed E-state index contributed by atoms with van der Waals surface area (Å²) in [6, 6.07) is 17.7. The first-order chi connectivity index (χ1) is 13.6. The standard InChI is InChI=1S/C22H20N2O4/c1-23-19(25)13-18(16-10-6-3-7-11-16)20(23)21(26)24-17(14-28-22(24)27)12-15-8-4-2-5-9-15/h2-11,13,17,20H,12,14H2,1H3/t17-,20?/m0/s1. The molecule has 6 nitrogen and oxygen atoms in total. The Kier molecular flexibility index (Phi) is 4.69. The van der Waals surface area contributed by atoms with Crippen molar-refractivity contribution in [2.45, 2.75) is 18.5 Å². The van der Waals surface area contributed by atoms with Crippen LogP contribution in [0.25, 0.3) is 5.57 Å². The van der Waals surface area contributed by atoms with Crippen LogP contribution in [0.2, 0.25) is 0 Å². The molecule has 6 heteroatoms. The van der Waals surface area contributed by atoms with E-state index in [4.69, 9.17) is 4.74 Å². The number of imide groups is 1. The van der Waals surface area contributed by atoms with Gasteiger partial charge in [-0.2, -0.15) is 0 Å². The van der Waals surface area contributed by atoms with Crippen LogP contribution >= 0.6 is 0 Å². The summed E-state index contributed by atoms with van der Waals surface area (Å²) in [5.41, 5.74) is 2.39. The molecule has 4 rings (SSSR count). The van der Waals surface area contributed by atoms with E-state index >= 15 is 0 Å². The largest absolute Gasteiger partial charge is 0.447 e. The minimum Gasteiger partial charge on any atom is -0.447 e. The number of likely N-dealkylation sites (N-methyl/N-ethyl adjacent to an activating group) is 1. The van der Waals surface area contributed by atoms with Crippen molar-refractivity contribution in [1.82, 2.24) is 9.80 Å². The van der Waals surface area contributed by atoms with Crippen LogP contribution < -0.4 is 0 Å². The van der Waals surface area contributed by atoms with Gasteiger partial charge in [-0.15, -0.1) is 0 Å². The van der Waals surface area contributed by atoms with Crippen molar-refractivity contribution in [2.24, 2.45) is 0 Å². The fourth-order valence-electron chi connectivity index (χ4n) is 3.72. The molecule has 2 aromatic carbocycles. The quantitative estimate of drug-likeness (QED) is 0.822. The van der Waals surface area contributed by atoms with Gasteiger partial charge in [0.1, 0.15) is 12.6 Å². The molecule has 1 saturated heterocycles. The zero-order valence-corrected chi connectivity index (χ0v) is 15.4. The Morgan fingerprint density at radius 2 is 1.68 bits per heavy atom. The van der Waals surface area contributed by atoms with E-state index in [2.05, 4.69) is 0 Å². The van der Waals surface area contributed by atoms with E-state index in [1.807, 2.05) is 60.7 Å². The van der Waals surface area contributed by atoms with Gasteiger partial charge in [-0.3, -0.25) is 9.59 Å². The molecule has 0 aromatic heterocycles. The smallest absolute Gasteiger partial charge is 0.417 e. The summed E-state index contributed by atoms with van der Waals surface area (Å²) in [6.07, 6.45) is 1.31. The molecular weight excluding hydrogens is 356 g/mol. The van der Waals surface area contributed by atoms with Crippen LogP contribution in [0.5, 0.6) is 0 Å². The molecule has 2 aliphatic heterocycles. The van der Waals surface area contributed by atoms with Crippen molar-refractivity contribution in [1.29, 1.82) is 0 Å². The van der Waals surface area contributed by atoms with Crippen LogP contribution in [-0.4, -0.2) is 53.4 Å². The molecular formula is C22H20N2O4. The summed E-state index contributed by atoms with van der Waals surface area (Å²) in [5, 5.41) is 0. The van der Waals surface area contributed by atoms with Gasteiger partial charge < -0.3 is 9.64 Å². The first-order valence-corrected chi connectivity index (χ1v) is 9.14. The maximum Gasteiger partial charge on any atom is 0.417 e. The number of hydrogen-bond acceptors (Lipinski definition) is 4. The molecule has 0 radical (unpaired) electrons. The van der Waals surface area contributed by atoms with Gasteiger partial charge in [-0.1, -0.05) is 60.7 Å². The summed E-state index contributed by atoms with van der Waals surface area (Å²) in [4.78, 5) is 40.6. The molecule has 0 spiro atoms. The Hall–Kier alpha value is -3.41. The lowest BCUT2D eigenvalue weighted by molar-refractivity contribution is -0.137. The van der Waals surface area contributed by atoms with Crippen LogP contribution in [0.3, 0.4) is 0 Å². The third-order valence-corrected chi connectivity index (χ3v) is 5.16. The zero-order chi connectivity index (χ0) is 19.7. The van der Waals surface area contributed by atoms with Crippen molar-refractivity contribution >= 4 is 23.5 Å². The number of ether oxygens (including phenoxy) is 1. The van der Waals surface area contributed by atoms with Crippen molar-refractivity contribution < 1.29 is 19.1 Å². The summed E-state index contributed by atoms with van der Waals surface area (Å²) < 4.78 is 5.18. The van der Waals surface area contributed by atoms with Gasteiger partial charge in [0.25, 0.3) is 5.91 Å². The molecule has 0 bridgehead atoms. The molecule has 3 amide bonds. The molecule has 2 aromatic rings. The lowest BCUT2D eigenvalue weighted by Gasteiger charge is -2.28. The first-order valence-electron chi connectivity index (χ1n) is 9.14. The second kappa shape index (κ2) is 7.31. The lowest BCUT2D eigenvalue weighted by Crippen LogP contribution is -2.50. The summed E-state index contributed by atoms with van der Waals surface area (Å²) in [6.45, 7) is 0.147. The van der Waals surface area contributed by atoms with E-state index < -0.39 is 24.1 Å². The lowest BCUT2D eigenvalue weighted by atomic mass is 9.98. The molecule has 1 unspecified atom stereocenters. The van der Waals surface area contributed by atoms with E-state index in [0.29, 0.717) is 12.0 Å². The highest BCUT2D eigenvalue weighted by Gasteiger charge is 2.46. The summed E-state index contributed by atoms with van der Waals surface area (Å²) in [7, 11) is 1.57. The molecule has 142 valence electrons. The number of nitrogens with zero attached hydrogens (tertiary/aromatic N) is 2. The van der Waals surface area contributed by atoms with Gasteiger partial charge in [0, 0.05) is 13.1 Å². The summed E-state index contributed by atoms with van der Waals surface area (Å²) >= 11 is 0. The van der Waals surface area contributed by atoms with E-state index in [1.54, 1.807) is 7.05 Å². The minimum atomic E-state index is -0.848. The molecule has 0 saturated carbocycles. The average Bonchev–Trinajstić information content (AvgIpc) is 3.22. The fraction of sp³-hybridized carbons (Fsp3) is 0.227. The van der Waals surface area contributed by atoms with Crippen LogP contribution in [-0.2, 0) is 20.7 Å². The Bertz CT molecular complexity index is 940. The first kappa shape index (κ1) is 18.0. The Morgan fingerprint density at radius 3 is 2.36 bits per heavy atom. The van der Waals surface area contributed by atoms with Gasteiger partial charge in [0.15, 0.2) is 0 Å². The molecule has 0 N–H and O–H groups in total. The van der Waals surface area contributed by atoms with Crippen LogP contribution in [0, 0.1) is 0 Å². The van der Waals surface area contributed by atoms with Gasteiger partial charge >= 0.3 is 6.09 Å². The van der Waals surface area contributed by atoms with E-state index in [1.165, 1.54) is 15.9 Å². The van der Waals surface area contributed by atoms with Gasteiger partial charge in [-0.25, -0.2) is 9.69 Å². The Morgan fingerprint density at radius 1 is 1.04 bits per heavy atom. The highest BCUT2D eigenvalue weighted by atomic mass is 16.6. The highest BCUT2D eigenvalue weighted by molar-refractivity contribution is 6.13. The molecule has 2 heterocycles. The molecule has 28 heavy (non-hydrogen) atoms. The van der Waals surface area contributed by atoms with Crippen molar-refractivity contribution in [3.8, 4) is 0 Å². The Balaban J connectivity index is 1.63. The molecule has 2 atom stereocenters. The molecule has 1 fully saturated rings. The van der Waals surface area contributed by atoms with E-state index in [9.17, 15) is 14.4 Å². The van der Waals surface area contributed by atoms with Gasteiger partial charge in [0.2, 0.25) is 5.91 Å².